The number of nitro groups is 1. The first-order chi connectivity index (χ1) is 8.88. The van der Waals surface area contributed by atoms with Crippen LogP contribution in [0.15, 0.2) is 6.07 Å². The lowest BCUT2D eigenvalue weighted by molar-refractivity contribution is -0.383. The number of anilines is 1. The average molecular weight is 304 g/mol. The van der Waals surface area contributed by atoms with Crippen LogP contribution in [0.1, 0.15) is 31.2 Å². The molecule has 7 heteroatoms. The molecule has 108 valence electrons. The van der Waals surface area contributed by atoms with Crippen LogP contribution >= 0.6 is 23.1 Å². The summed E-state index contributed by atoms with van der Waals surface area (Å²) in [7, 11) is 1.87. The van der Waals surface area contributed by atoms with Gasteiger partial charge in [0.05, 0.1) is 11.0 Å². The summed E-state index contributed by atoms with van der Waals surface area (Å²) in [4.78, 5) is 13.3. The van der Waals surface area contributed by atoms with Crippen molar-refractivity contribution in [3.8, 4) is 0 Å². The van der Waals surface area contributed by atoms with E-state index in [9.17, 15) is 15.2 Å². The second-order valence-corrected chi connectivity index (χ2v) is 6.56. The van der Waals surface area contributed by atoms with Crippen molar-refractivity contribution in [2.75, 3.05) is 24.0 Å². The fourth-order valence-corrected chi connectivity index (χ4v) is 3.36. The highest BCUT2D eigenvalue weighted by molar-refractivity contribution is 7.98. The molecule has 1 heterocycles. The van der Waals surface area contributed by atoms with Crippen LogP contribution in [-0.4, -0.2) is 35.1 Å². The molecule has 0 aliphatic heterocycles. The molecule has 0 amide bonds. The number of hydrogen-bond donors (Lipinski definition) is 1. The fraction of sp³-hybridized carbons (Fsp3) is 0.667. The van der Waals surface area contributed by atoms with Gasteiger partial charge in [0, 0.05) is 24.0 Å². The van der Waals surface area contributed by atoms with Crippen molar-refractivity contribution >= 4 is 33.8 Å². The van der Waals surface area contributed by atoms with E-state index in [1.807, 2.05) is 18.2 Å². The average Bonchev–Trinajstić information content (AvgIpc) is 2.80. The number of aliphatic hydroxyl groups excluding tert-OH is 1. The van der Waals surface area contributed by atoms with E-state index in [-0.39, 0.29) is 16.7 Å². The van der Waals surface area contributed by atoms with Crippen molar-refractivity contribution in [2.24, 2.45) is 0 Å². The first kappa shape index (κ1) is 16.3. The van der Waals surface area contributed by atoms with Gasteiger partial charge in [-0.15, -0.1) is 11.3 Å². The lowest BCUT2D eigenvalue weighted by atomic mass is 10.2. The summed E-state index contributed by atoms with van der Waals surface area (Å²) in [5.41, 5.74) is 0.0828. The van der Waals surface area contributed by atoms with Crippen LogP contribution in [0.4, 0.5) is 10.7 Å². The zero-order chi connectivity index (χ0) is 14.6. The monoisotopic (exact) mass is 304 g/mol. The Bertz CT molecular complexity index is 435. The molecule has 5 nitrogen and oxygen atoms in total. The molecule has 19 heavy (non-hydrogen) atoms. The molecule has 0 aromatic carbocycles. The van der Waals surface area contributed by atoms with E-state index in [1.165, 1.54) is 17.4 Å². The minimum atomic E-state index is -0.674. The summed E-state index contributed by atoms with van der Waals surface area (Å²) in [6, 6.07) is 1.70. The highest BCUT2D eigenvalue weighted by atomic mass is 32.2. The third-order valence-electron chi connectivity index (χ3n) is 3.04. The Balaban J connectivity index is 3.00. The Kier molecular flexibility index (Phi) is 6.09. The van der Waals surface area contributed by atoms with Gasteiger partial charge in [0.25, 0.3) is 0 Å². The lowest BCUT2D eigenvalue weighted by Crippen LogP contribution is -2.29. The molecule has 0 saturated heterocycles. The van der Waals surface area contributed by atoms with Crippen molar-refractivity contribution in [3.63, 3.8) is 0 Å². The molecule has 0 radical (unpaired) electrons. The molecule has 2 unspecified atom stereocenters. The normalized spacial score (nSPS) is 14.2. The highest BCUT2D eigenvalue weighted by Crippen LogP contribution is 2.40. The fourth-order valence-electron chi connectivity index (χ4n) is 1.66. The third kappa shape index (κ3) is 4.09. The number of thioether (sulfide) groups is 1. The van der Waals surface area contributed by atoms with Crippen molar-refractivity contribution < 1.29 is 10.0 Å². The molecule has 1 rings (SSSR count). The summed E-state index contributed by atoms with van der Waals surface area (Å²) in [6.45, 7) is 3.68. The van der Waals surface area contributed by atoms with Gasteiger partial charge in [-0.1, -0.05) is 0 Å². The van der Waals surface area contributed by atoms with Gasteiger partial charge >= 0.3 is 5.69 Å². The van der Waals surface area contributed by atoms with Gasteiger partial charge in [-0.05, 0) is 32.3 Å². The number of aliphatic hydroxyl groups is 1. The molecule has 1 aromatic heterocycles. The van der Waals surface area contributed by atoms with E-state index in [2.05, 4.69) is 6.92 Å². The van der Waals surface area contributed by atoms with Crippen LogP contribution in [0.5, 0.6) is 0 Å². The van der Waals surface area contributed by atoms with Crippen molar-refractivity contribution in [1.29, 1.82) is 0 Å². The molecule has 0 fully saturated rings. The largest absolute Gasteiger partial charge is 0.388 e. The second kappa shape index (κ2) is 7.12. The van der Waals surface area contributed by atoms with Gasteiger partial charge in [0.2, 0.25) is 0 Å². The van der Waals surface area contributed by atoms with Gasteiger partial charge in [-0.3, -0.25) is 10.1 Å². The first-order valence-corrected chi connectivity index (χ1v) is 8.27. The summed E-state index contributed by atoms with van der Waals surface area (Å²) in [5.74, 6) is 1.02. The van der Waals surface area contributed by atoms with Crippen LogP contribution in [0.3, 0.4) is 0 Å². The Labute approximate surface area is 121 Å². The molecular weight excluding hydrogens is 284 g/mol. The predicted molar refractivity (Wildman–Crippen MR) is 82.5 cm³/mol. The number of thiophene rings is 1. The predicted octanol–water partition coefficient (Wildman–Crippen LogP) is 3.29. The molecule has 1 N–H and O–H groups in total. The maximum Gasteiger partial charge on any atom is 0.304 e. The molecule has 2 atom stereocenters. The van der Waals surface area contributed by atoms with Gasteiger partial charge in [0.15, 0.2) is 5.00 Å². The Morgan fingerprint density at radius 3 is 2.68 bits per heavy atom. The van der Waals surface area contributed by atoms with Crippen molar-refractivity contribution in [2.45, 2.75) is 32.4 Å². The minimum absolute atomic E-state index is 0.0828. The molecule has 0 aliphatic carbocycles. The van der Waals surface area contributed by atoms with Crippen LogP contribution in [-0.2, 0) is 0 Å². The molecule has 0 aliphatic rings. The van der Waals surface area contributed by atoms with Gasteiger partial charge < -0.3 is 10.0 Å². The standard InChI is InChI=1S/C12H20N2O3S2/c1-8(5-6-18-4)13(3)12-10(14(16)17)7-11(19-12)9(2)15/h7-9,15H,5-6H2,1-4H3. The SMILES string of the molecule is CSCCC(C)N(C)c1sc(C(C)O)cc1[N+](=O)[O-]. The molecule has 0 bridgehead atoms. The summed E-state index contributed by atoms with van der Waals surface area (Å²) < 4.78 is 0. The van der Waals surface area contributed by atoms with Crippen molar-refractivity contribution in [3.05, 3.63) is 21.1 Å². The smallest absolute Gasteiger partial charge is 0.304 e. The van der Waals surface area contributed by atoms with Crippen LogP contribution in [0.2, 0.25) is 0 Å². The first-order valence-electron chi connectivity index (χ1n) is 6.06. The van der Waals surface area contributed by atoms with Gasteiger partial charge in [0.1, 0.15) is 0 Å². The van der Waals surface area contributed by atoms with Crippen LogP contribution in [0.25, 0.3) is 0 Å². The van der Waals surface area contributed by atoms with E-state index >= 15 is 0 Å². The zero-order valence-electron chi connectivity index (χ0n) is 11.6. The van der Waals surface area contributed by atoms with E-state index in [4.69, 9.17) is 0 Å². The van der Waals surface area contributed by atoms with Crippen LogP contribution < -0.4 is 4.90 Å². The summed E-state index contributed by atoms with van der Waals surface area (Å²) >= 11 is 3.06. The maximum atomic E-state index is 11.1. The summed E-state index contributed by atoms with van der Waals surface area (Å²) in [6.07, 6.45) is 2.34. The Hall–Kier alpha value is -0.790. The third-order valence-corrected chi connectivity index (χ3v) is 5.07. The molecule has 1 aromatic rings. The van der Waals surface area contributed by atoms with Crippen LogP contribution in [0, 0.1) is 10.1 Å². The number of rotatable bonds is 7. The van der Waals surface area contributed by atoms with Gasteiger partial charge in [-0.2, -0.15) is 11.8 Å². The second-order valence-electron chi connectivity index (χ2n) is 4.51. The lowest BCUT2D eigenvalue weighted by Gasteiger charge is -2.24. The molecule has 0 saturated carbocycles. The number of nitrogens with zero attached hydrogens (tertiary/aromatic N) is 2. The van der Waals surface area contributed by atoms with E-state index in [0.29, 0.717) is 9.88 Å². The zero-order valence-corrected chi connectivity index (χ0v) is 13.3. The van der Waals surface area contributed by atoms with Crippen molar-refractivity contribution in [1.82, 2.24) is 0 Å². The Morgan fingerprint density at radius 2 is 2.21 bits per heavy atom. The van der Waals surface area contributed by atoms with E-state index in [0.717, 1.165) is 12.2 Å². The highest BCUT2D eigenvalue weighted by Gasteiger charge is 2.25. The minimum Gasteiger partial charge on any atom is -0.388 e. The van der Waals surface area contributed by atoms with E-state index in [1.54, 1.807) is 18.7 Å². The quantitative estimate of drug-likeness (QED) is 0.618. The number of hydrogen-bond acceptors (Lipinski definition) is 6. The van der Waals surface area contributed by atoms with E-state index < -0.39 is 6.10 Å². The Morgan fingerprint density at radius 1 is 1.58 bits per heavy atom. The van der Waals surface area contributed by atoms with Gasteiger partial charge in [-0.25, -0.2) is 0 Å². The summed E-state index contributed by atoms with van der Waals surface area (Å²) in [5, 5.41) is 21.3. The topological polar surface area (TPSA) is 66.6 Å². The molecule has 0 spiro atoms. The molecular formula is C12H20N2O3S2. The maximum absolute atomic E-state index is 11.1.